The molecule has 0 aliphatic carbocycles. The molecule has 154 valence electrons. The average molecular weight is 415 g/mol. The molecule has 0 saturated heterocycles. The van der Waals surface area contributed by atoms with E-state index >= 15 is 0 Å². The molecule has 0 bridgehead atoms. The lowest BCUT2D eigenvalue weighted by Gasteiger charge is -2.13. The van der Waals surface area contributed by atoms with Crippen molar-refractivity contribution in [2.45, 2.75) is 0 Å². The van der Waals surface area contributed by atoms with Gasteiger partial charge in [-0.1, -0.05) is 30.3 Å². The van der Waals surface area contributed by atoms with Gasteiger partial charge in [-0.15, -0.1) is 0 Å². The molecule has 31 heavy (non-hydrogen) atoms. The number of hydrogen-bond donors (Lipinski definition) is 0. The zero-order valence-electron chi connectivity index (χ0n) is 16.5. The van der Waals surface area contributed by atoms with E-state index in [1.165, 1.54) is 25.3 Å². The first-order valence-corrected chi connectivity index (χ1v) is 9.42. The van der Waals surface area contributed by atoms with Gasteiger partial charge in [0.2, 0.25) is 0 Å². The van der Waals surface area contributed by atoms with Crippen molar-refractivity contribution < 1.29 is 28.7 Å². The van der Waals surface area contributed by atoms with E-state index in [4.69, 9.17) is 9.47 Å². The number of nitrogens with zero attached hydrogens (tertiary/aromatic N) is 1. The molecule has 0 atom stereocenters. The van der Waals surface area contributed by atoms with Crippen molar-refractivity contribution in [3.8, 4) is 5.75 Å². The molecule has 1 heterocycles. The third-order valence-corrected chi connectivity index (χ3v) is 4.86. The van der Waals surface area contributed by atoms with E-state index in [-0.39, 0.29) is 16.7 Å². The highest BCUT2D eigenvalue weighted by molar-refractivity contribution is 6.34. The standard InChI is InChI=1S/C24H17NO6/c1-30-18-9-5-6-15(12-18)21(26)14-31-24(29)16-10-11-19-20(13-16)23(28)25(22(19)27)17-7-3-2-4-8-17/h2-13H,14H2,1H3. The molecule has 3 aromatic carbocycles. The monoisotopic (exact) mass is 415 g/mol. The van der Waals surface area contributed by atoms with Gasteiger partial charge in [-0.3, -0.25) is 14.4 Å². The largest absolute Gasteiger partial charge is 0.497 e. The number of hydrogen-bond acceptors (Lipinski definition) is 6. The second-order valence-electron chi connectivity index (χ2n) is 6.77. The van der Waals surface area contributed by atoms with Gasteiger partial charge in [-0.05, 0) is 42.5 Å². The fourth-order valence-electron chi connectivity index (χ4n) is 3.27. The van der Waals surface area contributed by atoms with Crippen molar-refractivity contribution in [3.63, 3.8) is 0 Å². The van der Waals surface area contributed by atoms with Crippen LogP contribution in [-0.2, 0) is 4.74 Å². The number of fused-ring (bicyclic) bond motifs is 1. The van der Waals surface area contributed by atoms with Crippen LogP contribution in [0.5, 0.6) is 5.75 Å². The lowest BCUT2D eigenvalue weighted by Crippen LogP contribution is -2.29. The summed E-state index contributed by atoms with van der Waals surface area (Å²) in [5, 5.41) is 0. The van der Waals surface area contributed by atoms with Crippen LogP contribution < -0.4 is 9.64 Å². The number of imide groups is 1. The Hall–Kier alpha value is -4.26. The first-order valence-electron chi connectivity index (χ1n) is 9.42. The predicted molar refractivity (Wildman–Crippen MR) is 112 cm³/mol. The van der Waals surface area contributed by atoms with Crippen LogP contribution in [0.4, 0.5) is 5.69 Å². The molecule has 0 radical (unpaired) electrons. The van der Waals surface area contributed by atoms with Gasteiger partial charge < -0.3 is 9.47 Å². The highest BCUT2D eigenvalue weighted by Crippen LogP contribution is 2.29. The number of benzene rings is 3. The minimum absolute atomic E-state index is 0.0771. The fraction of sp³-hybridized carbons (Fsp3) is 0.0833. The molecule has 3 aromatic rings. The van der Waals surface area contributed by atoms with Gasteiger partial charge >= 0.3 is 5.97 Å². The first-order chi connectivity index (χ1) is 15.0. The number of amides is 2. The van der Waals surface area contributed by atoms with Crippen LogP contribution in [0.2, 0.25) is 0 Å². The van der Waals surface area contributed by atoms with Crippen molar-refractivity contribution >= 4 is 29.3 Å². The van der Waals surface area contributed by atoms with E-state index in [0.717, 1.165) is 4.90 Å². The maximum Gasteiger partial charge on any atom is 0.338 e. The van der Waals surface area contributed by atoms with Crippen molar-refractivity contribution in [2.75, 3.05) is 18.6 Å². The normalized spacial score (nSPS) is 12.5. The van der Waals surface area contributed by atoms with Gasteiger partial charge in [-0.2, -0.15) is 0 Å². The van der Waals surface area contributed by atoms with Gasteiger partial charge in [0.25, 0.3) is 11.8 Å². The van der Waals surface area contributed by atoms with Crippen LogP contribution in [0.1, 0.15) is 41.4 Å². The summed E-state index contributed by atoms with van der Waals surface area (Å²) in [5.41, 5.74) is 1.19. The summed E-state index contributed by atoms with van der Waals surface area (Å²) in [6, 6.07) is 19.2. The van der Waals surface area contributed by atoms with Crippen LogP contribution in [-0.4, -0.2) is 37.3 Å². The minimum Gasteiger partial charge on any atom is -0.497 e. The second kappa shape index (κ2) is 8.23. The Bertz CT molecular complexity index is 1200. The number of methoxy groups -OCH3 is 1. The number of ether oxygens (including phenoxy) is 2. The molecule has 1 aliphatic rings. The number of rotatable bonds is 6. The van der Waals surface area contributed by atoms with Crippen LogP contribution in [0.25, 0.3) is 0 Å². The van der Waals surface area contributed by atoms with Crippen molar-refractivity contribution in [3.05, 3.63) is 95.1 Å². The summed E-state index contributed by atoms with van der Waals surface area (Å²) in [6.45, 7) is -0.466. The molecule has 0 spiro atoms. The Morgan fingerprint density at radius 3 is 2.29 bits per heavy atom. The summed E-state index contributed by atoms with van der Waals surface area (Å²) in [4.78, 5) is 51.2. The van der Waals surface area contributed by atoms with Crippen molar-refractivity contribution in [1.29, 1.82) is 0 Å². The molecule has 0 saturated carbocycles. The number of carbonyl (C=O) groups is 4. The van der Waals surface area contributed by atoms with Gasteiger partial charge in [-0.25, -0.2) is 9.69 Å². The van der Waals surface area contributed by atoms with E-state index < -0.39 is 30.2 Å². The van der Waals surface area contributed by atoms with E-state index in [1.54, 1.807) is 54.6 Å². The highest BCUT2D eigenvalue weighted by atomic mass is 16.5. The lowest BCUT2D eigenvalue weighted by atomic mass is 10.1. The van der Waals surface area contributed by atoms with Crippen LogP contribution in [0.15, 0.2) is 72.8 Å². The Morgan fingerprint density at radius 1 is 0.806 bits per heavy atom. The molecule has 0 N–H and O–H groups in total. The number of ketones is 1. The third kappa shape index (κ3) is 3.81. The number of anilines is 1. The maximum atomic E-state index is 12.8. The summed E-state index contributed by atoms with van der Waals surface area (Å²) in [7, 11) is 1.49. The van der Waals surface area contributed by atoms with E-state index in [2.05, 4.69) is 0 Å². The highest BCUT2D eigenvalue weighted by Gasteiger charge is 2.37. The molecule has 0 aromatic heterocycles. The smallest absolute Gasteiger partial charge is 0.338 e. The molecule has 7 nitrogen and oxygen atoms in total. The molecule has 2 amide bonds. The topological polar surface area (TPSA) is 90.0 Å². The summed E-state index contributed by atoms with van der Waals surface area (Å²) in [5.74, 6) is -1.62. The van der Waals surface area contributed by atoms with E-state index in [0.29, 0.717) is 17.0 Å². The zero-order chi connectivity index (χ0) is 22.0. The zero-order valence-corrected chi connectivity index (χ0v) is 16.5. The SMILES string of the molecule is COc1cccc(C(=O)COC(=O)c2ccc3c(c2)C(=O)N(c2ccccc2)C3=O)c1. The Morgan fingerprint density at radius 2 is 1.55 bits per heavy atom. The van der Waals surface area contributed by atoms with Crippen LogP contribution >= 0.6 is 0 Å². The second-order valence-corrected chi connectivity index (χ2v) is 6.77. The Kier molecular flexibility index (Phi) is 5.32. The summed E-state index contributed by atoms with van der Waals surface area (Å²) in [6.07, 6.45) is 0. The van der Waals surface area contributed by atoms with E-state index in [1.807, 2.05) is 0 Å². The van der Waals surface area contributed by atoms with Crippen LogP contribution in [0.3, 0.4) is 0 Å². The first kappa shape index (κ1) is 20.0. The predicted octanol–water partition coefficient (Wildman–Crippen LogP) is 3.54. The molecule has 4 rings (SSSR count). The Labute approximate surface area is 177 Å². The van der Waals surface area contributed by atoms with Crippen molar-refractivity contribution in [2.24, 2.45) is 0 Å². The van der Waals surface area contributed by atoms with Gasteiger partial charge in [0.15, 0.2) is 12.4 Å². The molecule has 0 fully saturated rings. The van der Waals surface area contributed by atoms with Gasteiger partial charge in [0, 0.05) is 5.56 Å². The van der Waals surface area contributed by atoms with E-state index in [9.17, 15) is 19.2 Å². The third-order valence-electron chi connectivity index (χ3n) is 4.86. The molecular formula is C24H17NO6. The number of para-hydroxylation sites is 1. The Balaban J connectivity index is 1.49. The summed E-state index contributed by atoms with van der Waals surface area (Å²) >= 11 is 0. The number of Topliss-reactive ketones (excluding diaryl/α,β-unsaturated/α-hetero) is 1. The van der Waals surface area contributed by atoms with Gasteiger partial charge in [0.05, 0.1) is 29.5 Å². The number of carbonyl (C=O) groups excluding carboxylic acids is 4. The summed E-state index contributed by atoms with van der Waals surface area (Å²) < 4.78 is 10.2. The number of esters is 1. The minimum atomic E-state index is -0.766. The van der Waals surface area contributed by atoms with Gasteiger partial charge in [0.1, 0.15) is 5.75 Å². The lowest BCUT2D eigenvalue weighted by molar-refractivity contribution is 0.0474. The van der Waals surface area contributed by atoms with Crippen LogP contribution in [0, 0.1) is 0 Å². The molecule has 7 heteroatoms. The maximum absolute atomic E-state index is 12.8. The molecule has 1 aliphatic heterocycles. The molecular weight excluding hydrogens is 398 g/mol. The van der Waals surface area contributed by atoms with Crippen molar-refractivity contribution in [1.82, 2.24) is 0 Å². The quantitative estimate of drug-likeness (QED) is 0.348. The molecule has 0 unspecified atom stereocenters. The fourth-order valence-corrected chi connectivity index (χ4v) is 3.27. The average Bonchev–Trinajstić information content (AvgIpc) is 3.07.